The van der Waals surface area contributed by atoms with Crippen molar-refractivity contribution >= 4 is 58.6 Å². The van der Waals surface area contributed by atoms with Gasteiger partial charge in [0.05, 0.1) is 0 Å². The van der Waals surface area contributed by atoms with E-state index in [0.29, 0.717) is 32.4 Å². The van der Waals surface area contributed by atoms with Crippen molar-refractivity contribution in [1.29, 1.82) is 0 Å². The molecule has 0 aliphatic rings. The van der Waals surface area contributed by atoms with Crippen molar-refractivity contribution in [2.75, 3.05) is 5.32 Å². The highest BCUT2D eigenvalue weighted by Gasteiger charge is 2.15. The SMILES string of the molecule is O=C(Nc1ccc(C(=O)/C=C/c2cccc(Cl)c2)cc1)/C(=C/c1ccc(Cl)cc1)NC(=O)c1ccccc1. The van der Waals surface area contributed by atoms with Gasteiger partial charge in [0, 0.05) is 26.9 Å². The maximum absolute atomic E-state index is 13.1. The van der Waals surface area contributed by atoms with Gasteiger partial charge < -0.3 is 10.6 Å². The Hall–Kier alpha value is -4.45. The number of ketones is 1. The van der Waals surface area contributed by atoms with Gasteiger partial charge in [0.2, 0.25) is 0 Å². The van der Waals surface area contributed by atoms with Gasteiger partial charge in [-0.3, -0.25) is 14.4 Å². The first-order valence-corrected chi connectivity index (χ1v) is 12.4. The number of benzene rings is 4. The summed E-state index contributed by atoms with van der Waals surface area (Å²) < 4.78 is 0. The lowest BCUT2D eigenvalue weighted by molar-refractivity contribution is -0.113. The Morgan fingerprint density at radius 2 is 1.37 bits per heavy atom. The van der Waals surface area contributed by atoms with E-state index in [1.54, 1.807) is 103 Å². The molecule has 2 N–H and O–H groups in total. The van der Waals surface area contributed by atoms with Crippen molar-refractivity contribution in [3.63, 3.8) is 0 Å². The molecule has 4 rings (SSSR count). The highest BCUT2D eigenvalue weighted by atomic mass is 35.5. The smallest absolute Gasteiger partial charge is 0.272 e. The third kappa shape index (κ3) is 7.53. The Morgan fingerprint density at radius 1 is 0.658 bits per heavy atom. The van der Waals surface area contributed by atoms with Gasteiger partial charge in [-0.1, -0.05) is 71.7 Å². The maximum Gasteiger partial charge on any atom is 0.272 e. The molecule has 5 nitrogen and oxygen atoms in total. The molecule has 0 fully saturated rings. The number of hydrogen-bond acceptors (Lipinski definition) is 3. The Labute approximate surface area is 230 Å². The lowest BCUT2D eigenvalue weighted by Gasteiger charge is -2.12. The van der Waals surface area contributed by atoms with Crippen LogP contribution in [0.2, 0.25) is 10.0 Å². The average Bonchev–Trinajstić information content (AvgIpc) is 2.93. The number of amides is 2. The summed E-state index contributed by atoms with van der Waals surface area (Å²) in [6, 6.07) is 29.1. The first kappa shape index (κ1) is 26.6. The number of hydrogen-bond donors (Lipinski definition) is 2. The highest BCUT2D eigenvalue weighted by Crippen LogP contribution is 2.16. The molecule has 0 unspecified atom stereocenters. The molecule has 0 heterocycles. The van der Waals surface area contributed by atoms with Crippen LogP contribution in [0, 0.1) is 0 Å². The van der Waals surface area contributed by atoms with Gasteiger partial charge in [-0.05, 0) is 83.9 Å². The van der Waals surface area contributed by atoms with E-state index in [4.69, 9.17) is 23.2 Å². The summed E-state index contributed by atoms with van der Waals surface area (Å²) in [4.78, 5) is 38.5. The quantitative estimate of drug-likeness (QED) is 0.182. The fourth-order valence-electron chi connectivity index (χ4n) is 3.46. The van der Waals surface area contributed by atoms with Crippen LogP contribution >= 0.6 is 23.2 Å². The van der Waals surface area contributed by atoms with Gasteiger partial charge in [0.15, 0.2) is 5.78 Å². The van der Waals surface area contributed by atoms with E-state index in [-0.39, 0.29) is 11.5 Å². The standard InChI is InChI=1S/C31H22Cl2N2O3/c32-25-14-9-22(10-15-25)20-28(35-30(37)24-6-2-1-3-7-24)31(38)34-27-16-12-23(13-17-27)29(36)18-11-21-5-4-8-26(33)19-21/h1-20H,(H,34,38)(H,35,37)/b18-11+,28-20-. The van der Waals surface area contributed by atoms with Crippen LogP contribution in [0.4, 0.5) is 5.69 Å². The lowest BCUT2D eigenvalue weighted by atomic mass is 10.1. The molecule has 0 radical (unpaired) electrons. The van der Waals surface area contributed by atoms with Crippen LogP contribution in [0.1, 0.15) is 31.8 Å². The highest BCUT2D eigenvalue weighted by molar-refractivity contribution is 6.31. The molecule has 0 bridgehead atoms. The number of halogens is 2. The first-order chi connectivity index (χ1) is 18.4. The summed E-state index contributed by atoms with van der Waals surface area (Å²) in [5, 5.41) is 6.60. The van der Waals surface area contributed by atoms with Crippen LogP contribution < -0.4 is 10.6 Å². The van der Waals surface area contributed by atoms with E-state index >= 15 is 0 Å². The molecule has 4 aromatic rings. The number of allylic oxidation sites excluding steroid dienone is 1. The maximum atomic E-state index is 13.1. The zero-order valence-electron chi connectivity index (χ0n) is 20.0. The van der Waals surface area contributed by atoms with Gasteiger partial charge in [-0.25, -0.2) is 0 Å². The molecular formula is C31H22Cl2N2O3. The molecule has 0 atom stereocenters. The fourth-order valence-corrected chi connectivity index (χ4v) is 3.79. The first-order valence-electron chi connectivity index (χ1n) is 11.6. The van der Waals surface area contributed by atoms with Crippen molar-refractivity contribution < 1.29 is 14.4 Å². The molecule has 0 aromatic heterocycles. The average molecular weight is 541 g/mol. The van der Waals surface area contributed by atoms with Crippen molar-refractivity contribution in [2.24, 2.45) is 0 Å². The zero-order chi connectivity index (χ0) is 26.9. The van der Waals surface area contributed by atoms with Crippen LogP contribution in [0.15, 0.2) is 115 Å². The second kappa shape index (κ2) is 12.7. The van der Waals surface area contributed by atoms with Crippen molar-refractivity contribution in [3.8, 4) is 0 Å². The monoisotopic (exact) mass is 540 g/mol. The van der Waals surface area contributed by atoms with Crippen molar-refractivity contribution in [3.05, 3.63) is 147 Å². The molecule has 38 heavy (non-hydrogen) atoms. The number of carbonyl (C=O) groups is 3. The van der Waals surface area contributed by atoms with Gasteiger partial charge in [0.25, 0.3) is 11.8 Å². The lowest BCUT2D eigenvalue weighted by Crippen LogP contribution is -2.30. The van der Waals surface area contributed by atoms with Crippen LogP contribution in [0.5, 0.6) is 0 Å². The molecule has 0 spiro atoms. The minimum absolute atomic E-state index is 0.0470. The summed E-state index contributed by atoms with van der Waals surface area (Å²) >= 11 is 12.0. The molecule has 0 aliphatic heterocycles. The van der Waals surface area contributed by atoms with Gasteiger partial charge in [-0.2, -0.15) is 0 Å². The predicted octanol–water partition coefficient (Wildman–Crippen LogP) is 7.30. The molecule has 0 saturated heterocycles. The third-order valence-corrected chi connectivity index (χ3v) is 5.90. The Kier molecular flexibility index (Phi) is 8.88. The molecule has 188 valence electrons. The summed E-state index contributed by atoms with van der Waals surface area (Å²) in [7, 11) is 0. The molecule has 7 heteroatoms. The van der Waals surface area contributed by atoms with Crippen LogP contribution in [0.3, 0.4) is 0 Å². The number of carbonyl (C=O) groups excluding carboxylic acids is 3. The summed E-state index contributed by atoms with van der Waals surface area (Å²) in [5.74, 6) is -1.14. The minimum Gasteiger partial charge on any atom is -0.321 e. The van der Waals surface area contributed by atoms with E-state index in [9.17, 15) is 14.4 Å². The molecular weight excluding hydrogens is 519 g/mol. The zero-order valence-corrected chi connectivity index (χ0v) is 21.5. The predicted molar refractivity (Wildman–Crippen MR) is 153 cm³/mol. The van der Waals surface area contributed by atoms with Crippen molar-refractivity contribution in [2.45, 2.75) is 0 Å². The van der Waals surface area contributed by atoms with Gasteiger partial charge >= 0.3 is 0 Å². The van der Waals surface area contributed by atoms with E-state index < -0.39 is 11.8 Å². The number of nitrogens with one attached hydrogen (secondary N) is 2. The van der Waals surface area contributed by atoms with E-state index in [1.807, 2.05) is 12.1 Å². The van der Waals surface area contributed by atoms with Crippen LogP contribution in [-0.4, -0.2) is 17.6 Å². The molecule has 0 aliphatic carbocycles. The number of rotatable bonds is 8. The Balaban J connectivity index is 1.49. The summed E-state index contributed by atoms with van der Waals surface area (Å²) in [5.41, 5.74) is 2.87. The van der Waals surface area contributed by atoms with E-state index in [2.05, 4.69) is 10.6 Å². The topological polar surface area (TPSA) is 75.3 Å². The van der Waals surface area contributed by atoms with E-state index in [0.717, 1.165) is 5.56 Å². The normalized spacial score (nSPS) is 11.3. The second-order valence-corrected chi connectivity index (χ2v) is 9.09. The third-order valence-electron chi connectivity index (χ3n) is 5.41. The van der Waals surface area contributed by atoms with Crippen LogP contribution in [0.25, 0.3) is 12.2 Å². The second-order valence-electron chi connectivity index (χ2n) is 8.21. The molecule has 0 saturated carbocycles. The largest absolute Gasteiger partial charge is 0.321 e. The van der Waals surface area contributed by atoms with E-state index in [1.165, 1.54) is 6.08 Å². The van der Waals surface area contributed by atoms with Gasteiger partial charge in [-0.15, -0.1) is 0 Å². The molecule has 2 amide bonds. The Morgan fingerprint density at radius 3 is 2.05 bits per heavy atom. The molecule has 4 aromatic carbocycles. The fraction of sp³-hybridized carbons (Fsp3) is 0. The summed E-state index contributed by atoms with van der Waals surface area (Å²) in [6.45, 7) is 0. The van der Waals surface area contributed by atoms with Crippen LogP contribution in [-0.2, 0) is 4.79 Å². The van der Waals surface area contributed by atoms with Gasteiger partial charge in [0.1, 0.15) is 5.70 Å². The Bertz CT molecular complexity index is 1510. The number of anilines is 1. The van der Waals surface area contributed by atoms with Crippen molar-refractivity contribution in [1.82, 2.24) is 5.32 Å². The minimum atomic E-state index is -0.524. The summed E-state index contributed by atoms with van der Waals surface area (Å²) in [6.07, 6.45) is 4.71.